The van der Waals surface area contributed by atoms with Gasteiger partial charge in [0.1, 0.15) is 12.6 Å². The number of amides is 2. The van der Waals surface area contributed by atoms with E-state index in [2.05, 4.69) is 15.7 Å². The summed E-state index contributed by atoms with van der Waals surface area (Å²) in [6.07, 6.45) is 1.62. The minimum absolute atomic E-state index is 0.0601. The number of aromatic nitrogens is 2. The number of anilines is 1. The van der Waals surface area contributed by atoms with Crippen LogP contribution in [0.15, 0.2) is 60.9 Å². The monoisotopic (exact) mass is 448 g/mol. The third-order valence-corrected chi connectivity index (χ3v) is 5.56. The van der Waals surface area contributed by atoms with E-state index in [1.165, 1.54) is 6.20 Å². The molecule has 9 heteroatoms. The van der Waals surface area contributed by atoms with Crippen molar-refractivity contribution in [1.82, 2.24) is 15.1 Å². The van der Waals surface area contributed by atoms with Gasteiger partial charge in [0.05, 0.1) is 18.3 Å². The molecule has 1 heterocycles. The van der Waals surface area contributed by atoms with Crippen LogP contribution in [0.5, 0.6) is 0 Å². The Hall–Kier alpha value is -4.14. The fraction of sp³-hybridized carbons (Fsp3) is 0.250. The zero-order chi connectivity index (χ0) is 23.4. The van der Waals surface area contributed by atoms with Gasteiger partial charge in [-0.15, -0.1) is 0 Å². The quantitative estimate of drug-likeness (QED) is 0.486. The van der Waals surface area contributed by atoms with Crippen LogP contribution in [0.1, 0.15) is 30.4 Å². The largest absolute Gasteiger partial charge is 0.481 e. The summed E-state index contributed by atoms with van der Waals surface area (Å²) < 4.78 is 7.05. The number of carbonyl (C=O) groups is 3. The second kappa shape index (κ2) is 9.56. The highest BCUT2D eigenvalue weighted by Crippen LogP contribution is 2.44. The molecular weight excluding hydrogens is 424 g/mol. The predicted molar refractivity (Wildman–Crippen MR) is 121 cm³/mol. The Morgan fingerprint density at radius 3 is 2.30 bits per heavy atom. The van der Waals surface area contributed by atoms with Crippen LogP contribution in [0.25, 0.3) is 11.1 Å². The lowest BCUT2D eigenvalue weighted by Crippen LogP contribution is -2.45. The third kappa shape index (κ3) is 4.87. The number of carboxylic acid groups (broad SMARTS) is 1. The molecule has 1 aliphatic carbocycles. The van der Waals surface area contributed by atoms with Crippen molar-refractivity contribution in [3.63, 3.8) is 0 Å². The predicted octanol–water partition coefficient (Wildman–Crippen LogP) is 3.22. The number of hydrogen-bond acceptors (Lipinski definition) is 5. The Morgan fingerprint density at radius 1 is 1.09 bits per heavy atom. The molecule has 1 atom stereocenters. The Morgan fingerprint density at radius 2 is 1.73 bits per heavy atom. The standard InChI is InChI=1S/C24H24N4O5/c1-2-28-13-15(12-25-28)26-23(31)21(11-22(29)30)27-24(32)33-14-20-18-9-5-3-7-16(18)17-8-4-6-10-19(17)20/h3-10,12-13,20-21H,2,11,14H2,1H3,(H,26,31)(H,27,32)(H,29,30). The first-order chi connectivity index (χ1) is 16.0. The lowest BCUT2D eigenvalue weighted by atomic mass is 9.98. The summed E-state index contributed by atoms with van der Waals surface area (Å²) >= 11 is 0. The van der Waals surface area contributed by atoms with Gasteiger partial charge in [-0.3, -0.25) is 14.3 Å². The lowest BCUT2D eigenvalue weighted by Gasteiger charge is -2.18. The van der Waals surface area contributed by atoms with E-state index in [0.29, 0.717) is 12.2 Å². The van der Waals surface area contributed by atoms with Crippen molar-refractivity contribution in [1.29, 1.82) is 0 Å². The number of hydrogen-bond donors (Lipinski definition) is 3. The van der Waals surface area contributed by atoms with E-state index < -0.39 is 30.4 Å². The maximum atomic E-state index is 12.6. The molecule has 0 saturated heterocycles. The summed E-state index contributed by atoms with van der Waals surface area (Å²) in [7, 11) is 0. The number of carboxylic acids is 1. The molecular formula is C24H24N4O5. The minimum atomic E-state index is -1.30. The van der Waals surface area contributed by atoms with E-state index in [4.69, 9.17) is 4.74 Å². The van der Waals surface area contributed by atoms with E-state index in [1.54, 1.807) is 10.9 Å². The van der Waals surface area contributed by atoms with Gasteiger partial charge in [-0.1, -0.05) is 48.5 Å². The number of benzene rings is 2. The molecule has 0 radical (unpaired) electrons. The summed E-state index contributed by atoms with van der Waals surface area (Å²) in [5.74, 6) is -2.03. The van der Waals surface area contributed by atoms with Crippen LogP contribution in [-0.2, 0) is 20.9 Å². The number of aliphatic carboxylic acids is 1. The van der Waals surface area contributed by atoms with Crippen LogP contribution in [0.3, 0.4) is 0 Å². The van der Waals surface area contributed by atoms with Crippen LogP contribution in [0.4, 0.5) is 10.5 Å². The number of alkyl carbamates (subject to hydrolysis) is 1. The molecule has 0 fully saturated rings. The van der Waals surface area contributed by atoms with Crippen molar-refractivity contribution in [2.45, 2.75) is 31.8 Å². The molecule has 3 aromatic rings. The first-order valence-corrected chi connectivity index (χ1v) is 10.6. The molecule has 2 amide bonds. The third-order valence-electron chi connectivity index (χ3n) is 5.56. The molecule has 33 heavy (non-hydrogen) atoms. The summed E-state index contributed by atoms with van der Waals surface area (Å²) in [4.78, 5) is 36.3. The number of nitrogens with zero attached hydrogens (tertiary/aromatic N) is 2. The highest BCUT2D eigenvalue weighted by atomic mass is 16.5. The molecule has 0 bridgehead atoms. The van der Waals surface area contributed by atoms with Gasteiger partial charge in [0.2, 0.25) is 5.91 Å². The average molecular weight is 448 g/mol. The van der Waals surface area contributed by atoms with Gasteiger partial charge < -0.3 is 20.5 Å². The lowest BCUT2D eigenvalue weighted by molar-refractivity contribution is -0.139. The van der Waals surface area contributed by atoms with Crippen LogP contribution in [-0.4, -0.2) is 45.5 Å². The first-order valence-electron chi connectivity index (χ1n) is 10.6. The zero-order valence-corrected chi connectivity index (χ0v) is 18.0. The van der Waals surface area contributed by atoms with Gasteiger partial charge in [0.25, 0.3) is 0 Å². The maximum Gasteiger partial charge on any atom is 0.407 e. The second-order valence-corrected chi connectivity index (χ2v) is 7.69. The molecule has 3 N–H and O–H groups in total. The topological polar surface area (TPSA) is 123 Å². The fourth-order valence-electron chi connectivity index (χ4n) is 4.00. The molecule has 0 spiro atoms. The molecule has 170 valence electrons. The van der Waals surface area contributed by atoms with Crippen molar-refractivity contribution in [2.75, 3.05) is 11.9 Å². The molecule has 9 nitrogen and oxygen atoms in total. The summed E-state index contributed by atoms with van der Waals surface area (Å²) in [5, 5.41) is 18.2. The van der Waals surface area contributed by atoms with E-state index in [9.17, 15) is 19.5 Å². The molecule has 0 aliphatic heterocycles. The first kappa shape index (κ1) is 22.1. The van der Waals surface area contributed by atoms with Crippen LogP contribution >= 0.6 is 0 Å². The number of aryl methyl sites for hydroxylation is 1. The van der Waals surface area contributed by atoms with Gasteiger partial charge in [-0.05, 0) is 29.2 Å². The Balaban J connectivity index is 1.41. The van der Waals surface area contributed by atoms with E-state index in [1.807, 2.05) is 55.5 Å². The number of ether oxygens (including phenoxy) is 1. The van der Waals surface area contributed by atoms with E-state index >= 15 is 0 Å². The zero-order valence-electron chi connectivity index (χ0n) is 18.0. The minimum Gasteiger partial charge on any atom is -0.481 e. The smallest absolute Gasteiger partial charge is 0.407 e. The molecule has 1 aromatic heterocycles. The molecule has 0 saturated carbocycles. The van der Waals surface area contributed by atoms with Gasteiger partial charge in [0.15, 0.2) is 0 Å². The number of nitrogens with one attached hydrogen (secondary N) is 2. The molecule has 1 unspecified atom stereocenters. The average Bonchev–Trinajstić information content (AvgIpc) is 3.39. The van der Waals surface area contributed by atoms with Crippen LogP contribution in [0.2, 0.25) is 0 Å². The van der Waals surface area contributed by atoms with Gasteiger partial charge in [-0.25, -0.2) is 4.79 Å². The second-order valence-electron chi connectivity index (χ2n) is 7.69. The van der Waals surface area contributed by atoms with Gasteiger partial charge in [-0.2, -0.15) is 5.10 Å². The van der Waals surface area contributed by atoms with E-state index in [-0.39, 0.29) is 12.5 Å². The SMILES string of the molecule is CCn1cc(NC(=O)C(CC(=O)O)NC(=O)OCC2c3ccccc3-c3ccccc32)cn1. The Kier molecular flexibility index (Phi) is 6.39. The van der Waals surface area contributed by atoms with Crippen LogP contribution < -0.4 is 10.6 Å². The highest BCUT2D eigenvalue weighted by molar-refractivity contribution is 5.98. The summed E-state index contributed by atoms with van der Waals surface area (Å²) in [6, 6.07) is 14.6. The highest BCUT2D eigenvalue weighted by Gasteiger charge is 2.30. The van der Waals surface area contributed by atoms with Crippen molar-refractivity contribution in [3.8, 4) is 11.1 Å². The number of carbonyl (C=O) groups excluding carboxylic acids is 2. The normalized spacial score (nSPS) is 13.0. The number of rotatable bonds is 8. The van der Waals surface area contributed by atoms with Crippen molar-refractivity contribution < 1.29 is 24.2 Å². The van der Waals surface area contributed by atoms with Crippen molar-refractivity contribution >= 4 is 23.7 Å². The van der Waals surface area contributed by atoms with Gasteiger partial charge in [0, 0.05) is 18.7 Å². The fourth-order valence-corrected chi connectivity index (χ4v) is 4.00. The van der Waals surface area contributed by atoms with Crippen LogP contribution in [0, 0.1) is 0 Å². The summed E-state index contributed by atoms with van der Waals surface area (Å²) in [5.41, 5.74) is 4.71. The van der Waals surface area contributed by atoms with Gasteiger partial charge >= 0.3 is 12.1 Å². The number of fused-ring (bicyclic) bond motifs is 3. The molecule has 4 rings (SSSR count). The Labute approximate surface area is 190 Å². The maximum absolute atomic E-state index is 12.6. The van der Waals surface area contributed by atoms with Crippen molar-refractivity contribution in [2.24, 2.45) is 0 Å². The Bertz CT molecular complexity index is 1140. The summed E-state index contributed by atoms with van der Waals surface area (Å²) in [6.45, 7) is 2.57. The molecule has 1 aliphatic rings. The van der Waals surface area contributed by atoms with E-state index in [0.717, 1.165) is 22.3 Å². The molecule has 2 aromatic carbocycles. The van der Waals surface area contributed by atoms with Crippen molar-refractivity contribution in [3.05, 3.63) is 72.1 Å².